The normalized spacial score (nSPS) is 11.7. The van der Waals surface area contributed by atoms with Crippen LogP contribution in [-0.4, -0.2) is 12.4 Å². The summed E-state index contributed by atoms with van der Waals surface area (Å²) in [6.45, 7) is 3.91. The van der Waals surface area contributed by atoms with Crippen molar-refractivity contribution in [3.63, 3.8) is 0 Å². The van der Waals surface area contributed by atoms with Gasteiger partial charge in [0.2, 0.25) is 0 Å². The predicted octanol–water partition coefficient (Wildman–Crippen LogP) is 5.71. The molecule has 2 nitrogen and oxygen atoms in total. The van der Waals surface area contributed by atoms with E-state index in [1.807, 2.05) is 12.1 Å². The molecule has 0 bridgehead atoms. The molecule has 0 radical (unpaired) electrons. The van der Waals surface area contributed by atoms with E-state index in [1.54, 1.807) is 13.1 Å². The van der Waals surface area contributed by atoms with Crippen molar-refractivity contribution in [1.29, 1.82) is 0 Å². The highest BCUT2D eigenvalue weighted by molar-refractivity contribution is 5.82. The van der Waals surface area contributed by atoms with Crippen LogP contribution in [0.2, 0.25) is 0 Å². The van der Waals surface area contributed by atoms with Crippen LogP contribution in [0.1, 0.15) is 55.4 Å². The van der Waals surface area contributed by atoms with Crippen LogP contribution in [0.15, 0.2) is 46.6 Å². The molecule has 132 valence electrons. The number of hydrogen-bond donors (Lipinski definition) is 0. The van der Waals surface area contributed by atoms with E-state index in [4.69, 9.17) is 0 Å². The SMILES string of the molecule is CCCCCc1ccc(C=NN=Cc2cc(F)c(CC)c(F)c2)cc1. The Kier molecular flexibility index (Phi) is 7.45. The van der Waals surface area contributed by atoms with Gasteiger partial charge in [-0.25, -0.2) is 8.78 Å². The van der Waals surface area contributed by atoms with E-state index in [0.717, 1.165) is 12.0 Å². The fourth-order valence-corrected chi connectivity index (χ4v) is 2.58. The Morgan fingerprint density at radius 1 is 0.840 bits per heavy atom. The number of nitrogens with zero attached hydrogens (tertiary/aromatic N) is 2. The van der Waals surface area contributed by atoms with Gasteiger partial charge >= 0.3 is 0 Å². The first-order valence-corrected chi connectivity index (χ1v) is 8.77. The maximum atomic E-state index is 13.7. The van der Waals surface area contributed by atoms with Gasteiger partial charge in [-0.3, -0.25) is 0 Å². The Morgan fingerprint density at radius 2 is 1.44 bits per heavy atom. The Labute approximate surface area is 148 Å². The van der Waals surface area contributed by atoms with E-state index < -0.39 is 11.6 Å². The zero-order valence-electron chi connectivity index (χ0n) is 14.8. The van der Waals surface area contributed by atoms with Crippen LogP contribution in [-0.2, 0) is 12.8 Å². The van der Waals surface area contributed by atoms with Gasteiger partial charge in [-0.2, -0.15) is 10.2 Å². The van der Waals surface area contributed by atoms with Crippen LogP contribution >= 0.6 is 0 Å². The lowest BCUT2D eigenvalue weighted by atomic mass is 10.1. The second-order valence-corrected chi connectivity index (χ2v) is 6.00. The molecule has 2 aromatic rings. The van der Waals surface area contributed by atoms with E-state index in [9.17, 15) is 8.78 Å². The standard InChI is InChI=1S/C21H24F2N2/c1-3-5-6-7-16-8-10-17(11-9-16)14-24-25-15-18-12-20(22)19(4-2)21(23)13-18/h8-15H,3-7H2,1-2H3. The van der Waals surface area contributed by atoms with Gasteiger partial charge in [0.15, 0.2) is 0 Å². The summed E-state index contributed by atoms with van der Waals surface area (Å²) in [6.07, 6.45) is 8.06. The van der Waals surface area contributed by atoms with Crippen LogP contribution in [0.4, 0.5) is 8.78 Å². The Balaban J connectivity index is 1.95. The van der Waals surface area contributed by atoms with Crippen LogP contribution in [0.25, 0.3) is 0 Å². The van der Waals surface area contributed by atoms with Crippen LogP contribution in [0.5, 0.6) is 0 Å². The van der Waals surface area contributed by atoms with Gasteiger partial charge in [0.05, 0.1) is 12.4 Å². The first-order valence-electron chi connectivity index (χ1n) is 8.77. The van der Waals surface area contributed by atoms with Gasteiger partial charge in [-0.05, 0) is 42.5 Å². The van der Waals surface area contributed by atoms with Gasteiger partial charge in [-0.15, -0.1) is 0 Å². The maximum absolute atomic E-state index is 13.7. The zero-order chi connectivity index (χ0) is 18.1. The monoisotopic (exact) mass is 342 g/mol. The molecule has 0 aromatic heterocycles. The zero-order valence-corrected chi connectivity index (χ0v) is 14.8. The summed E-state index contributed by atoms with van der Waals surface area (Å²) in [4.78, 5) is 0. The number of hydrogen-bond acceptors (Lipinski definition) is 2. The molecule has 0 spiro atoms. The molecule has 0 aliphatic carbocycles. The number of unbranched alkanes of at least 4 members (excludes halogenated alkanes) is 2. The van der Waals surface area contributed by atoms with Crippen molar-refractivity contribution in [1.82, 2.24) is 0 Å². The molecule has 0 unspecified atom stereocenters. The quantitative estimate of drug-likeness (QED) is 0.333. The molecule has 0 heterocycles. The molecule has 0 atom stereocenters. The van der Waals surface area contributed by atoms with E-state index in [0.29, 0.717) is 12.0 Å². The average molecular weight is 342 g/mol. The third kappa shape index (κ3) is 5.89. The van der Waals surface area contributed by atoms with Crippen molar-refractivity contribution in [2.24, 2.45) is 10.2 Å². The minimum absolute atomic E-state index is 0.0969. The van der Waals surface area contributed by atoms with Crippen molar-refractivity contribution >= 4 is 12.4 Å². The summed E-state index contributed by atoms with van der Waals surface area (Å²) < 4.78 is 27.4. The molecule has 0 saturated heterocycles. The summed E-state index contributed by atoms with van der Waals surface area (Å²) in [7, 11) is 0. The molecule has 0 saturated carbocycles. The van der Waals surface area contributed by atoms with Gasteiger partial charge < -0.3 is 0 Å². The third-order valence-electron chi connectivity index (χ3n) is 4.05. The first kappa shape index (κ1) is 19.0. The second-order valence-electron chi connectivity index (χ2n) is 6.00. The van der Waals surface area contributed by atoms with E-state index in [1.165, 1.54) is 43.2 Å². The van der Waals surface area contributed by atoms with Crippen molar-refractivity contribution in [2.45, 2.75) is 46.0 Å². The molecule has 2 rings (SSSR count). The molecule has 4 heteroatoms. The van der Waals surface area contributed by atoms with Gasteiger partial charge in [0.25, 0.3) is 0 Å². The number of aryl methyl sites for hydroxylation is 1. The Morgan fingerprint density at radius 3 is 2.00 bits per heavy atom. The highest BCUT2D eigenvalue weighted by atomic mass is 19.1. The highest BCUT2D eigenvalue weighted by Gasteiger charge is 2.08. The maximum Gasteiger partial charge on any atom is 0.129 e. The molecule has 0 amide bonds. The molecule has 0 aliphatic heterocycles. The lowest BCUT2D eigenvalue weighted by Crippen LogP contribution is -1.96. The summed E-state index contributed by atoms with van der Waals surface area (Å²) >= 11 is 0. The summed E-state index contributed by atoms with van der Waals surface area (Å²) in [5, 5.41) is 7.81. The Bertz CT molecular complexity index is 711. The minimum atomic E-state index is -0.549. The minimum Gasteiger partial charge on any atom is -0.207 e. The van der Waals surface area contributed by atoms with Crippen LogP contribution < -0.4 is 0 Å². The number of rotatable bonds is 8. The summed E-state index contributed by atoms with van der Waals surface area (Å²) in [5.41, 5.74) is 2.71. The lowest BCUT2D eigenvalue weighted by molar-refractivity contribution is 0.558. The second kappa shape index (κ2) is 9.82. The molecule has 0 N–H and O–H groups in total. The van der Waals surface area contributed by atoms with E-state index in [2.05, 4.69) is 29.3 Å². The lowest BCUT2D eigenvalue weighted by Gasteiger charge is -2.02. The molecular formula is C21H24F2N2. The largest absolute Gasteiger partial charge is 0.207 e. The summed E-state index contributed by atoms with van der Waals surface area (Å²) in [6, 6.07) is 10.7. The van der Waals surface area contributed by atoms with Crippen molar-refractivity contribution in [3.8, 4) is 0 Å². The average Bonchev–Trinajstić information content (AvgIpc) is 2.60. The number of halogens is 2. The Hall–Kier alpha value is -2.36. The number of benzene rings is 2. The first-order chi connectivity index (χ1) is 12.1. The van der Waals surface area contributed by atoms with Crippen LogP contribution in [0.3, 0.4) is 0 Å². The molecule has 25 heavy (non-hydrogen) atoms. The molecule has 2 aromatic carbocycles. The van der Waals surface area contributed by atoms with Crippen LogP contribution in [0, 0.1) is 11.6 Å². The van der Waals surface area contributed by atoms with Gasteiger partial charge in [0.1, 0.15) is 11.6 Å². The van der Waals surface area contributed by atoms with Gasteiger partial charge in [-0.1, -0.05) is 51.0 Å². The fourth-order valence-electron chi connectivity index (χ4n) is 2.58. The summed E-state index contributed by atoms with van der Waals surface area (Å²) in [5.74, 6) is -1.10. The molecule has 0 aliphatic rings. The van der Waals surface area contributed by atoms with Gasteiger partial charge in [0, 0.05) is 11.1 Å². The van der Waals surface area contributed by atoms with Crippen molar-refractivity contribution in [2.75, 3.05) is 0 Å². The predicted molar refractivity (Wildman–Crippen MR) is 101 cm³/mol. The van der Waals surface area contributed by atoms with Crippen molar-refractivity contribution < 1.29 is 8.78 Å². The fraction of sp³-hybridized carbons (Fsp3) is 0.333. The van der Waals surface area contributed by atoms with E-state index in [-0.39, 0.29) is 5.56 Å². The third-order valence-corrected chi connectivity index (χ3v) is 4.05. The van der Waals surface area contributed by atoms with Crippen molar-refractivity contribution in [3.05, 3.63) is 70.3 Å². The molecular weight excluding hydrogens is 318 g/mol. The molecule has 0 fully saturated rings. The smallest absolute Gasteiger partial charge is 0.129 e. The topological polar surface area (TPSA) is 24.7 Å². The highest BCUT2D eigenvalue weighted by Crippen LogP contribution is 2.15. The van der Waals surface area contributed by atoms with E-state index >= 15 is 0 Å².